The first kappa shape index (κ1) is 17.1. The fourth-order valence-electron chi connectivity index (χ4n) is 3.55. The van der Waals surface area contributed by atoms with E-state index in [0.717, 1.165) is 28.5 Å². The van der Waals surface area contributed by atoms with Crippen LogP contribution in [0, 0.1) is 5.92 Å². The number of para-hydroxylation sites is 1. The van der Waals surface area contributed by atoms with Crippen molar-refractivity contribution < 1.29 is 9.59 Å². The number of carbonyl (C=O) groups excluding carboxylic acids is 2. The van der Waals surface area contributed by atoms with Gasteiger partial charge in [0.2, 0.25) is 11.8 Å². The fourth-order valence-corrected chi connectivity index (χ4v) is 4.55. The van der Waals surface area contributed by atoms with E-state index in [0.29, 0.717) is 19.6 Å². The minimum absolute atomic E-state index is 0.0338. The van der Waals surface area contributed by atoms with Gasteiger partial charge in [-0.05, 0) is 36.4 Å². The topological polar surface area (TPSA) is 53.5 Å². The van der Waals surface area contributed by atoms with Gasteiger partial charge in [0, 0.05) is 30.6 Å². The summed E-state index contributed by atoms with van der Waals surface area (Å²) in [6.07, 6.45) is 2.98. The Balaban J connectivity index is 1.50. The van der Waals surface area contributed by atoms with Crippen LogP contribution in [0.4, 0.5) is 5.69 Å². The highest BCUT2D eigenvalue weighted by molar-refractivity contribution is 7.99. The van der Waals surface area contributed by atoms with E-state index in [-0.39, 0.29) is 24.2 Å². The van der Waals surface area contributed by atoms with Crippen molar-refractivity contribution in [2.24, 2.45) is 5.92 Å². The molecule has 2 aliphatic heterocycles. The van der Waals surface area contributed by atoms with Crippen LogP contribution in [-0.2, 0) is 16.1 Å². The molecule has 0 spiro atoms. The summed E-state index contributed by atoms with van der Waals surface area (Å²) in [5.41, 5.74) is 1.83. The molecule has 1 unspecified atom stereocenters. The molecule has 3 heterocycles. The van der Waals surface area contributed by atoms with Crippen molar-refractivity contribution in [3.8, 4) is 0 Å². The molecule has 5 nitrogen and oxygen atoms in total. The molecule has 26 heavy (non-hydrogen) atoms. The lowest BCUT2D eigenvalue weighted by molar-refractivity contribution is -0.129. The number of anilines is 1. The van der Waals surface area contributed by atoms with Crippen LogP contribution in [0.5, 0.6) is 0 Å². The molecule has 0 aliphatic carbocycles. The monoisotopic (exact) mass is 367 g/mol. The minimum atomic E-state index is -0.276. The van der Waals surface area contributed by atoms with Gasteiger partial charge in [-0.1, -0.05) is 18.2 Å². The fraction of sp³-hybridized carbons (Fsp3) is 0.350. The molecule has 1 atom stereocenters. The van der Waals surface area contributed by atoms with E-state index in [1.807, 2.05) is 41.3 Å². The van der Waals surface area contributed by atoms with Gasteiger partial charge in [0.15, 0.2) is 0 Å². The number of benzene rings is 1. The second-order valence-corrected chi connectivity index (χ2v) is 7.79. The summed E-state index contributed by atoms with van der Waals surface area (Å²) in [6, 6.07) is 13.7. The highest BCUT2D eigenvalue weighted by Gasteiger charge is 2.37. The van der Waals surface area contributed by atoms with Crippen LogP contribution in [0.2, 0.25) is 0 Å². The Labute approximate surface area is 157 Å². The quantitative estimate of drug-likeness (QED) is 0.837. The highest BCUT2D eigenvalue weighted by atomic mass is 32.2. The summed E-state index contributed by atoms with van der Waals surface area (Å²) in [5, 5.41) is 0. The molecule has 0 N–H and O–H groups in total. The number of rotatable bonds is 3. The van der Waals surface area contributed by atoms with Crippen LogP contribution in [0.25, 0.3) is 0 Å². The lowest BCUT2D eigenvalue weighted by atomic mass is 10.1. The van der Waals surface area contributed by atoms with Crippen molar-refractivity contribution in [1.29, 1.82) is 0 Å². The molecule has 1 aromatic heterocycles. The molecule has 1 saturated heterocycles. The van der Waals surface area contributed by atoms with Crippen LogP contribution in [0.1, 0.15) is 18.5 Å². The summed E-state index contributed by atoms with van der Waals surface area (Å²) in [7, 11) is 0. The van der Waals surface area contributed by atoms with E-state index < -0.39 is 0 Å². The zero-order valence-electron chi connectivity index (χ0n) is 14.5. The number of aromatic nitrogens is 1. The first-order valence-electron chi connectivity index (χ1n) is 8.93. The molecular formula is C20H21N3O2S. The summed E-state index contributed by atoms with van der Waals surface area (Å²) in [6.45, 7) is 1.66. The number of hydrogen-bond donors (Lipinski definition) is 0. The van der Waals surface area contributed by atoms with Crippen LogP contribution in [0.15, 0.2) is 53.6 Å². The van der Waals surface area contributed by atoms with Gasteiger partial charge < -0.3 is 9.80 Å². The number of pyridine rings is 1. The number of thioether (sulfide) groups is 1. The van der Waals surface area contributed by atoms with Gasteiger partial charge in [-0.3, -0.25) is 14.6 Å². The normalized spacial score (nSPS) is 20.0. The predicted molar refractivity (Wildman–Crippen MR) is 102 cm³/mol. The lowest BCUT2D eigenvalue weighted by Gasteiger charge is -2.25. The molecule has 2 aliphatic rings. The van der Waals surface area contributed by atoms with Gasteiger partial charge in [0.1, 0.15) is 0 Å². The first-order chi connectivity index (χ1) is 12.7. The molecule has 4 rings (SSSR count). The van der Waals surface area contributed by atoms with Crippen molar-refractivity contribution in [2.45, 2.75) is 24.3 Å². The molecule has 0 radical (unpaired) electrons. The number of nitrogens with zero attached hydrogens (tertiary/aromatic N) is 3. The lowest BCUT2D eigenvalue weighted by Crippen LogP contribution is -2.38. The standard InChI is InChI=1S/C20H21N3O2S/c24-19-12-15(13-22(19)14-16-6-3-4-9-21-16)20(25)23-10-5-11-26-18-8-2-1-7-17(18)23/h1-4,6-9,15H,5,10-14H2. The largest absolute Gasteiger partial charge is 0.336 e. The Morgan fingerprint density at radius 3 is 2.88 bits per heavy atom. The number of likely N-dealkylation sites (tertiary alicyclic amines) is 1. The van der Waals surface area contributed by atoms with Crippen molar-refractivity contribution in [3.05, 3.63) is 54.4 Å². The Kier molecular flexibility index (Phi) is 4.93. The molecule has 0 saturated carbocycles. The van der Waals surface area contributed by atoms with Gasteiger partial charge in [-0.2, -0.15) is 0 Å². The van der Waals surface area contributed by atoms with Gasteiger partial charge in [0.25, 0.3) is 0 Å². The number of carbonyl (C=O) groups is 2. The van der Waals surface area contributed by atoms with Crippen molar-refractivity contribution in [2.75, 3.05) is 23.7 Å². The average molecular weight is 367 g/mol. The minimum Gasteiger partial charge on any atom is -0.336 e. The maximum Gasteiger partial charge on any atom is 0.232 e. The average Bonchev–Trinajstić information content (AvgIpc) is 2.90. The zero-order valence-corrected chi connectivity index (χ0v) is 15.3. The number of hydrogen-bond acceptors (Lipinski definition) is 4. The highest BCUT2D eigenvalue weighted by Crippen LogP contribution is 2.35. The second-order valence-electron chi connectivity index (χ2n) is 6.66. The predicted octanol–water partition coefficient (Wildman–Crippen LogP) is 2.96. The van der Waals surface area contributed by atoms with E-state index in [9.17, 15) is 9.59 Å². The van der Waals surface area contributed by atoms with Gasteiger partial charge in [-0.25, -0.2) is 0 Å². The summed E-state index contributed by atoms with van der Waals surface area (Å²) < 4.78 is 0. The van der Waals surface area contributed by atoms with Crippen molar-refractivity contribution in [1.82, 2.24) is 9.88 Å². The van der Waals surface area contributed by atoms with Gasteiger partial charge >= 0.3 is 0 Å². The summed E-state index contributed by atoms with van der Waals surface area (Å²) >= 11 is 1.80. The third kappa shape index (κ3) is 3.46. The molecular weight excluding hydrogens is 346 g/mol. The van der Waals surface area contributed by atoms with E-state index >= 15 is 0 Å². The molecule has 6 heteroatoms. The van der Waals surface area contributed by atoms with Gasteiger partial charge in [-0.15, -0.1) is 11.8 Å². The summed E-state index contributed by atoms with van der Waals surface area (Å²) in [5.74, 6) is 0.835. The van der Waals surface area contributed by atoms with E-state index in [1.165, 1.54) is 0 Å². The first-order valence-corrected chi connectivity index (χ1v) is 9.92. The second kappa shape index (κ2) is 7.50. The van der Waals surface area contributed by atoms with Crippen LogP contribution >= 0.6 is 11.8 Å². The Hall–Kier alpha value is -2.34. The number of amides is 2. The molecule has 0 bridgehead atoms. The molecule has 1 aromatic carbocycles. The van der Waals surface area contributed by atoms with E-state index in [2.05, 4.69) is 11.1 Å². The molecule has 134 valence electrons. The van der Waals surface area contributed by atoms with Crippen LogP contribution < -0.4 is 4.90 Å². The van der Waals surface area contributed by atoms with Gasteiger partial charge in [0.05, 0.1) is 23.8 Å². The Bertz CT molecular complexity index is 812. The molecule has 1 fully saturated rings. The molecule has 2 aromatic rings. The maximum absolute atomic E-state index is 13.2. The van der Waals surface area contributed by atoms with E-state index in [4.69, 9.17) is 0 Å². The summed E-state index contributed by atoms with van der Waals surface area (Å²) in [4.78, 5) is 34.7. The third-order valence-corrected chi connectivity index (χ3v) is 6.00. The Morgan fingerprint density at radius 1 is 1.19 bits per heavy atom. The SMILES string of the molecule is O=C1CC(C(=O)N2CCCSc3ccccc32)CN1Cc1ccccn1. The van der Waals surface area contributed by atoms with Crippen molar-refractivity contribution >= 4 is 29.3 Å². The van der Waals surface area contributed by atoms with E-state index in [1.54, 1.807) is 22.9 Å². The zero-order chi connectivity index (χ0) is 17.9. The van der Waals surface area contributed by atoms with Crippen molar-refractivity contribution in [3.63, 3.8) is 0 Å². The molecule has 2 amide bonds. The van der Waals surface area contributed by atoms with Crippen LogP contribution in [-0.4, -0.2) is 40.5 Å². The van der Waals surface area contributed by atoms with Crippen LogP contribution in [0.3, 0.4) is 0 Å². The smallest absolute Gasteiger partial charge is 0.232 e. The third-order valence-electron chi connectivity index (χ3n) is 4.85. The Morgan fingerprint density at radius 2 is 2.04 bits per heavy atom. The number of fused-ring (bicyclic) bond motifs is 1. The maximum atomic E-state index is 13.2.